The van der Waals surface area contributed by atoms with E-state index in [1.165, 1.54) is 17.7 Å². The summed E-state index contributed by atoms with van der Waals surface area (Å²) in [7, 11) is 0. The molecule has 6 nitrogen and oxygen atoms in total. The molecule has 0 spiro atoms. The molecule has 0 aliphatic heterocycles. The summed E-state index contributed by atoms with van der Waals surface area (Å²) in [6.07, 6.45) is 3.50. The van der Waals surface area contributed by atoms with Gasteiger partial charge in [-0.25, -0.2) is 8.78 Å². The van der Waals surface area contributed by atoms with Crippen molar-refractivity contribution in [1.29, 1.82) is 0 Å². The molecule has 0 aliphatic rings. The fourth-order valence-electron chi connectivity index (χ4n) is 5.21. The SMILES string of the molecule is CCCN(CCC)C(=O)c1cc(C)cc(C(=O)N[C@@H](Cc2cc(F)cc(F)c2)[C@H](O)CNCCCCc2ccccc2)c1. The van der Waals surface area contributed by atoms with Gasteiger partial charge >= 0.3 is 0 Å². The topological polar surface area (TPSA) is 81.7 Å². The van der Waals surface area contributed by atoms with Gasteiger partial charge in [-0.3, -0.25) is 9.59 Å². The van der Waals surface area contributed by atoms with Crippen LogP contribution in [-0.4, -0.2) is 60.1 Å². The minimum Gasteiger partial charge on any atom is -0.390 e. The van der Waals surface area contributed by atoms with Crippen molar-refractivity contribution >= 4 is 11.8 Å². The zero-order valence-corrected chi connectivity index (χ0v) is 25.5. The van der Waals surface area contributed by atoms with Gasteiger partial charge in [0.1, 0.15) is 11.6 Å². The van der Waals surface area contributed by atoms with Crippen molar-refractivity contribution in [2.45, 2.75) is 71.4 Å². The smallest absolute Gasteiger partial charge is 0.253 e. The molecule has 0 fully saturated rings. The maximum absolute atomic E-state index is 14.0. The van der Waals surface area contributed by atoms with Gasteiger partial charge in [0.25, 0.3) is 11.8 Å². The van der Waals surface area contributed by atoms with Gasteiger partial charge in [0, 0.05) is 36.8 Å². The first kappa shape index (κ1) is 33.9. The minimum atomic E-state index is -1.03. The Hall–Kier alpha value is -3.62. The summed E-state index contributed by atoms with van der Waals surface area (Å²) < 4.78 is 27.9. The summed E-state index contributed by atoms with van der Waals surface area (Å²) in [6, 6.07) is 17.6. The Bertz CT molecular complexity index is 1290. The summed E-state index contributed by atoms with van der Waals surface area (Å²) in [5.74, 6) is -2.06. The molecular formula is C35H45F2N3O3. The van der Waals surface area contributed by atoms with E-state index in [-0.39, 0.29) is 24.4 Å². The number of hydrogen-bond acceptors (Lipinski definition) is 4. The van der Waals surface area contributed by atoms with Crippen LogP contribution in [0.5, 0.6) is 0 Å². The molecule has 0 heterocycles. The zero-order valence-electron chi connectivity index (χ0n) is 25.5. The maximum Gasteiger partial charge on any atom is 0.253 e. The number of carbonyl (C=O) groups is 2. The predicted molar refractivity (Wildman–Crippen MR) is 167 cm³/mol. The lowest BCUT2D eigenvalue weighted by Gasteiger charge is -2.25. The summed E-state index contributed by atoms with van der Waals surface area (Å²) in [5.41, 5.74) is 3.06. The molecule has 2 atom stereocenters. The predicted octanol–water partition coefficient (Wildman–Crippen LogP) is 5.85. The van der Waals surface area contributed by atoms with Crippen molar-refractivity contribution in [1.82, 2.24) is 15.5 Å². The summed E-state index contributed by atoms with van der Waals surface area (Å²) >= 11 is 0. The third-order valence-corrected chi connectivity index (χ3v) is 7.28. The van der Waals surface area contributed by atoms with E-state index in [9.17, 15) is 23.5 Å². The van der Waals surface area contributed by atoms with Crippen LogP contribution >= 0.6 is 0 Å². The molecule has 3 N–H and O–H groups in total. The molecule has 3 rings (SSSR count). The van der Waals surface area contributed by atoms with Crippen LogP contribution in [0.4, 0.5) is 8.78 Å². The van der Waals surface area contributed by atoms with Crippen molar-refractivity contribution in [2.75, 3.05) is 26.2 Å². The van der Waals surface area contributed by atoms with Crippen molar-refractivity contribution < 1.29 is 23.5 Å². The standard InChI is InChI=1S/C35H45F2N3O3/c1-4-15-40(16-5-2)35(43)29-18-25(3)17-28(22-29)34(42)39-32(21-27-19-30(36)23-31(37)20-27)33(41)24-38-14-10-9-13-26-11-7-6-8-12-26/h6-8,11-12,17-20,22-23,32-33,38,41H,4-5,9-10,13-16,21,24H2,1-3H3,(H,39,42)/t32-,33+/m0/s1. The number of nitrogens with zero attached hydrogens (tertiary/aromatic N) is 1. The third-order valence-electron chi connectivity index (χ3n) is 7.28. The van der Waals surface area contributed by atoms with Crippen LogP contribution in [0, 0.1) is 18.6 Å². The second kappa shape index (κ2) is 17.5. The van der Waals surface area contributed by atoms with Crippen molar-refractivity contribution in [3.63, 3.8) is 0 Å². The Labute approximate surface area is 254 Å². The lowest BCUT2D eigenvalue weighted by Crippen LogP contribution is -2.49. The highest BCUT2D eigenvalue weighted by Crippen LogP contribution is 2.16. The molecular weight excluding hydrogens is 548 g/mol. The largest absolute Gasteiger partial charge is 0.390 e. The highest BCUT2D eigenvalue weighted by Gasteiger charge is 2.24. The number of aryl methyl sites for hydroxylation is 2. The van der Waals surface area contributed by atoms with Crippen LogP contribution < -0.4 is 10.6 Å². The number of aliphatic hydroxyl groups excluding tert-OH is 1. The zero-order chi connectivity index (χ0) is 31.2. The van der Waals surface area contributed by atoms with E-state index in [2.05, 4.69) is 22.8 Å². The Morgan fingerprint density at radius 2 is 1.51 bits per heavy atom. The number of amides is 2. The lowest BCUT2D eigenvalue weighted by molar-refractivity contribution is 0.0755. The molecule has 0 radical (unpaired) electrons. The van der Waals surface area contributed by atoms with Crippen LogP contribution in [0.3, 0.4) is 0 Å². The number of hydrogen-bond donors (Lipinski definition) is 3. The van der Waals surface area contributed by atoms with E-state index in [4.69, 9.17) is 0 Å². The Balaban J connectivity index is 1.70. The van der Waals surface area contributed by atoms with Crippen molar-refractivity contribution in [3.8, 4) is 0 Å². The minimum absolute atomic E-state index is 0.0235. The molecule has 43 heavy (non-hydrogen) atoms. The van der Waals surface area contributed by atoms with Gasteiger partial charge in [-0.1, -0.05) is 44.2 Å². The molecule has 232 valence electrons. The van der Waals surface area contributed by atoms with Crippen LogP contribution in [0.25, 0.3) is 0 Å². The van der Waals surface area contributed by atoms with Crippen LogP contribution in [0.1, 0.15) is 76.9 Å². The normalized spacial score (nSPS) is 12.5. The van der Waals surface area contributed by atoms with E-state index in [0.29, 0.717) is 30.8 Å². The molecule has 3 aromatic carbocycles. The molecule has 2 amide bonds. The van der Waals surface area contributed by atoms with E-state index in [1.807, 2.05) is 39.0 Å². The first-order valence-corrected chi connectivity index (χ1v) is 15.3. The molecule has 0 saturated carbocycles. The first-order valence-electron chi connectivity index (χ1n) is 15.3. The van der Waals surface area contributed by atoms with E-state index in [0.717, 1.165) is 43.7 Å². The number of aliphatic hydroxyl groups is 1. The molecule has 3 aromatic rings. The quantitative estimate of drug-likeness (QED) is 0.172. The fourth-order valence-corrected chi connectivity index (χ4v) is 5.21. The second-order valence-corrected chi connectivity index (χ2v) is 11.2. The highest BCUT2D eigenvalue weighted by molar-refractivity contribution is 6.00. The number of rotatable bonds is 17. The molecule has 8 heteroatoms. The Morgan fingerprint density at radius 1 is 0.860 bits per heavy atom. The number of halogens is 2. The number of benzene rings is 3. The van der Waals surface area contributed by atoms with E-state index >= 15 is 0 Å². The fraction of sp³-hybridized carbons (Fsp3) is 0.429. The molecule has 0 saturated heterocycles. The van der Waals surface area contributed by atoms with Crippen LogP contribution in [0.15, 0.2) is 66.7 Å². The van der Waals surface area contributed by atoms with Crippen molar-refractivity contribution in [2.24, 2.45) is 0 Å². The van der Waals surface area contributed by atoms with Gasteiger partial charge < -0.3 is 20.6 Å². The van der Waals surface area contributed by atoms with Gasteiger partial charge in [0.05, 0.1) is 12.1 Å². The summed E-state index contributed by atoms with van der Waals surface area (Å²) in [5, 5.41) is 17.2. The Kier molecular flexibility index (Phi) is 13.8. The third kappa shape index (κ3) is 11.2. The highest BCUT2D eigenvalue weighted by atomic mass is 19.1. The van der Waals surface area contributed by atoms with E-state index in [1.54, 1.807) is 23.1 Å². The Morgan fingerprint density at radius 3 is 2.16 bits per heavy atom. The van der Waals surface area contributed by atoms with E-state index < -0.39 is 29.7 Å². The number of unbranched alkanes of at least 4 members (excludes halogenated alkanes) is 1. The first-order chi connectivity index (χ1) is 20.7. The van der Waals surface area contributed by atoms with Gasteiger partial charge in [-0.2, -0.15) is 0 Å². The maximum atomic E-state index is 14.0. The molecule has 0 unspecified atom stereocenters. The monoisotopic (exact) mass is 593 g/mol. The number of nitrogens with one attached hydrogen (secondary N) is 2. The molecule has 0 aliphatic carbocycles. The summed E-state index contributed by atoms with van der Waals surface area (Å²) in [4.78, 5) is 28.5. The lowest BCUT2D eigenvalue weighted by atomic mass is 9.99. The van der Waals surface area contributed by atoms with Gasteiger partial charge in [0.15, 0.2) is 0 Å². The van der Waals surface area contributed by atoms with Gasteiger partial charge in [0.2, 0.25) is 0 Å². The average Bonchev–Trinajstić information content (AvgIpc) is 2.97. The van der Waals surface area contributed by atoms with Crippen molar-refractivity contribution in [3.05, 3.63) is 106 Å². The molecule has 0 aromatic heterocycles. The van der Waals surface area contributed by atoms with Crippen LogP contribution in [-0.2, 0) is 12.8 Å². The van der Waals surface area contributed by atoms with Gasteiger partial charge in [-0.05, 0) is 99.0 Å². The number of carbonyl (C=O) groups excluding carboxylic acids is 2. The second-order valence-electron chi connectivity index (χ2n) is 11.2. The molecule has 0 bridgehead atoms. The van der Waals surface area contributed by atoms with Gasteiger partial charge in [-0.15, -0.1) is 0 Å². The van der Waals surface area contributed by atoms with Crippen LogP contribution in [0.2, 0.25) is 0 Å². The summed E-state index contributed by atoms with van der Waals surface area (Å²) in [6.45, 7) is 7.96. The average molecular weight is 594 g/mol.